The van der Waals surface area contributed by atoms with Crippen LogP contribution in [-0.2, 0) is 9.53 Å². The zero-order valence-corrected chi connectivity index (χ0v) is 12.3. The topological polar surface area (TPSA) is 38.3 Å². The normalized spacial score (nSPS) is 10.6. The lowest BCUT2D eigenvalue weighted by atomic mass is 10.1. The first-order valence-electron chi connectivity index (χ1n) is 7.57. The predicted octanol–water partition coefficient (Wildman–Crippen LogP) is 3.67. The average molecular weight is 257 g/mol. The number of carbonyl (C=O) groups excluding carboxylic acids is 1. The van der Waals surface area contributed by atoms with Crippen LogP contribution in [0.1, 0.15) is 71.1 Å². The highest BCUT2D eigenvalue weighted by Crippen LogP contribution is 2.09. The van der Waals surface area contributed by atoms with Crippen LogP contribution in [0, 0.1) is 0 Å². The van der Waals surface area contributed by atoms with Gasteiger partial charge in [0.1, 0.15) is 0 Å². The number of amides is 1. The van der Waals surface area contributed by atoms with Gasteiger partial charge < -0.3 is 10.1 Å². The molecule has 0 aromatic carbocycles. The lowest BCUT2D eigenvalue weighted by molar-refractivity contribution is -0.121. The summed E-state index contributed by atoms with van der Waals surface area (Å²) in [6, 6.07) is 0. The molecule has 0 saturated heterocycles. The summed E-state index contributed by atoms with van der Waals surface area (Å²) < 4.78 is 4.93. The third kappa shape index (κ3) is 13.5. The monoisotopic (exact) mass is 257 g/mol. The Balaban J connectivity index is 3.10. The number of carbonyl (C=O) groups is 1. The second kappa shape index (κ2) is 14.5. The molecular formula is C15H31NO2. The molecule has 1 N–H and O–H groups in total. The first kappa shape index (κ1) is 17.4. The van der Waals surface area contributed by atoms with Crippen molar-refractivity contribution in [2.75, 3.05) is 20.3 Å². The van der Waals surface area contributed by atoms with E-state index in [1.807, 2.05) is 0 Å². The van der Waals surface area contributed by atoms with E-state index in [1.54, 1.807) is 7.11 Å². The van der Waals surface area contributed by atoms with Crippen molar-refractivity contribution in [1.82, 2.24) is 5.32 Å². The van der Waals surface area contributed by atoms with Crippen LogP contribution in [-0.4, -0.2) is 26.2 Å². The SMILES string of the molecule is CCCCCCCCCCC(=O)NCCCOC. The molecule has 0 heterocycles. The summed E-state index contributed by atoms with van der Waals surface area (Å²) in [5.41, 5.74) is 0. The van der Waals surface area contributed by atoms with Gasteiger partial charge in [-0.25, -0.2) is 0 Å². The van der Waals surface area contributed by atoms with Crippen LogP contribution in [0.5, 0.6) is 0 Å². The smallest absolute Gasteiger partial charge is 0.219 e. The van der Waals surface area contributed by atoms with E-state index < -0.39 is 0 Å². The Bertz CT molecular complexity index is 183. The van der Waals surface area contributed by atoms with Gasteiger partial charge in [-0.05, 0) is 12.8 Å². The minimum atomic E-state index is 0.192. The van der Waals surface area contributed by atoms with E-state index in [4.69, 9.17) is 4.74 Å². The second-order valence-electron chi connectivity index (χ2n) is 4.92. The minimum Gasteiger partial charge on any atom is -0.385 e. The number of methoxy groups -OCH3 is 1. The van der Waals surface area contributed by atoms with E-state index in [0.29, 0.717) is 6.42 Å². The standard InChI is InChI=1S/C15H31NO2/c1-3-4-5-6-7-8-9-10-12-15(17)16-13-11-14-18-2/h3-14H2,1-2H3,(H,16,17). The largest absolute Gasteiger partial charge is 0.385 e. The van der Waals surface area contributed by atoms with Gasteiger partial charge in [0.15, 0.2) is 0 Å². The molecule has 0 unspecified atom stereocenters. The fourth-order valence-corrected chi connectivity index (χ4v) is 1.95. The van der Waals surface area contributed by atoms with Crippen molar-refractivity contribution in [2.24, 2.45) is 0 Å². The molecule has 0 fully saturated rings. The van der Waals surface area contributed by atoms with Crippen LogP contribution in [0.4, 0.5) is 0 Å². The summed E-state index contributed by atoms with van der Waals surface area (Å²) in [5.74, 6) is 0.192. The molecule has 0 spiro atoms. The summed E-state index contributed by atoms with van der Waals surface area (Å²) in [4.78, 5) is 11.4. The molecule has 0 saturated carbocycles. The van der Waals surface area contributed by atoms with Crippen molar-refractivity contribution < 1.29 is 9.53 Å². The minimum absolute atomic E-state index is 0.192. The Morgan fingerprint density at radius 1 is 0.944 bits per heavy atom. The number of nitrogens with one attached hydrogen (secondary N) is 1. The predicted molar refractivity (Wildman–Crippen MR) is 76.7 cm³/mol. The molecule has 0 aliphatic heterocycles. The molecule has 0 aromatic rings. The van der Waals surface area contributed by atoms with Gasteiger partial charge in [-0.1, -0.05) is 51.9 Å². The lowest BCUT2D eigenvalue weighted by Crippen LogP contribution is -2.24. The molecule has 0 aromatic heterocycles. The molecule has 0 aliphatic rings. The molecular weight excluding hydrogens is 226 g/mol. The van der Waals surface area contributed by atoms with Gasteiger partial charge in [0.05, 0.1) is 0 Å². The Morgan fingerprint density at radius 3 is 2.17 bits per heavy atom. The van der Waals surface area contributed by atoms with Crippen molar-refractivity contribution in [3.05, 3.63) is 0 Å². The lowest BCUT2D eigenvalue weighted by Gasteiger charge is -2.05. The van der Waals surface area contributed by atoms with Crippen molar-refractivity contribution in [3.8, 4) is 0 Å². The Hall–Kier alpha value is -0.570. The maximum absolute atomic E-state index is 11.4. The third-order valence-corrected chi connectivity index (χ3v) is 3.10. The molecule has 1 amide bonds. The average Bonchev–Trinajstić information content (AvgIpc) is 2.38. The second-order valence-corrected chi connectivity index (χ2v) is 4.92. The van der Waals surface area contributed by atoms with Gasteiger partial charge in [0.2, 0.25) is 5.91 Å². The zero-order chi connectivity index (χ0) is 13.5. The van der Waals surface area contributed by atoms with Crippen LogP contribution in [0.25, 0.3) is 0 Å². The highest BCUT2D eigenvalue weighted by Gasteiger charge is 2.00. The highest BCUT2D eigenvalue weighted by atomic mass is 16.5. The number of unbranched alkanes of at least 4 members (excludes halogenated alkanes) is 7. The summed E-state index contributed by atoms with van der Waals surface area (Å²) in [6.07, 6.45) is 11.8. The van der Waals surface area contributed by atoms with Gasteiger partial charge in [-0.3, -0.25) is 4.79 Å². The van der Waals surface area contributed by atoms with Crippen molar-refractivity contribution in [3.63, 3.8) is 0 Å². The van der Waals surface area contributed by atoms with Crippen molar-refractivity contribution in [1.29, 1.82) is 0 Å². The summed E-state index contributed by atoms with van der Waals surface area (Å²) in [6.45, 7) is 3.70. The quantitative estimate of drug-likeness (QED) is 0.511. The number of rotatable bonds is 13. The summed E-state index contributed by atoms with van der Waals surface area (Å²) >= 11 is 0. The molecule has 3 heteroatoms. The van der Waals surface area contributed by atoms with E-state index >= 15 is 0 Å². The maximum Gasteiger partial charge on any atom is 0.219 e. The van der Waals surface area contributed by atoms with Gasteiger partial charge >= 0.3 is 0 Å². The third-order valence-electron chi connectivity index (χ3n) is 3.10. The molecule has 3 nitrogen and oxygen atoms in total. The van der Waals surface area contributed by atoms with Crippen LogP contribution >= 0.6 is 0 Å². The van der Waals surface area contributed by atoms with Crippen LogP contribution < -0.4 is 5.32 Å². The van der Waals surface area contributed by atoms with E-state index in [-0.39, 0.29) is 5.91 Å². The van der Waals surface area contributed by atoms with E-state index in [2.05, 4.69) is 12.2 Å². The molecule has 0 radical (unpaired) electrons. The first-order valence-corrected chi connectivity index (χ1v) is 7.57. The van der Waals surface area contributed by atoms with Gasteiger partial charge in [0.25, 0.3) is 0 Å². The number of ether oxygens (including phenoxy) is 1. The Kier molecular flexibility index (Phi) is 14.0. The van der Waals surface area contributed by atoms with Gasteiger partial charge in [-0.15, -0.1) is 0 Å². The maximum atomic E-state index is 11.4. The highest BCUT2D eigenvalue weighted by molar-refractivity contribution is 5.75. The van der Waals surface area contributed by atoms with Crippen LogP contribution in [0.3, 0.4) is 0 Å². The fraction of sp³-hybridized carbons (Fsp3) is 0.933. The molecule has 108 valence electrons. The van der Waals surface area contributed by atoms with E-state index in [9.17, 15) is 4.79 Å². The molecule has 0 rings (SSSR count). The number of hydrogen-bond donors (Lipinski definition) is 1. The van der Waals surface area contributed by atoms with Crippen LogP contribution in [0.2, 0.25) is 0 Å². The van der Waals surface area contributed by atoms with Gasteiger partial charge in [-0.2, -0.15) is 0 Å². The van der Waals surface area contributed by atoms with Crippen LogP contribution in [0.15, 0.2) is 0 Å². The molecule has 0 aliphatic carbocycles. The van der Waals surface area contributed by atoms with Crippen molar-refractivity contribution in [2.45, 2.75) is 71.1 Å². The Morgan fingerprint density at radius 2 is 1.56 bits per heavy atom. The molecule has 0 atom stereocenters. The number of hydrogen-bond acceptors (Lipinski definition) is 2. The first-order chi connectivity index (χ1) is 8.81. The summed E-state index contributed by atoms with van der Waals surface area (Å²) in [5, 5.41) is 2.92. The zero-order valence-electron chi connectivity index (χ0n) is 12.3. The van der Waals surface area contributed by atoms with E-state index in [0.717, 1.165) is 26.0 Å². The van der Waals surface area contributed by atoms with Crippen molar-refractivity contribution >= 4 is 5.91 Å². The Labute approximate surface area is 113 Å². The fourth-order valence-electron chi connectivity index (χ4n) is 1.95. The van der Waals surface area contributed by atoms with E-state index in [1.165, 1.54) is 44.9 Å². The summed E-state index contributed by atoms with van der Waals surface area (Å²) in [7, 11) is 1.68. The molecule has 18 heavy (non-hydrogen) atoms. The molecule has 0 bridgehead atoms. The van der Waals surface area contributed by atoms with Gasteiger partial charge in [0, 0.05) is 26.7 Å².